The summed E-state index contributed by atoms with van der Waals surface area (Å²) in [5.41, 5.74) is -2.33. The van der Waals surface area contributed by atoms with Crippen molar-refractivity contribution in [3.63, 3.8) is 0 Å². The highest BCUT2D eigenvalue weighted by Gasteiger charge is 2.37. The number of hydrogen-bond donors (Lipinski definition) is 0. The van der Waals surface area contributed by atoms with Crippen LogP contribution < -0.4 is 19.8 Å². The van der Waals surface area contributed by atoms with Gasteiger partial charge in [0.25, 0.3) is 0 Å². The number of hydrogen-bond acceptors (Lipinski definition) is 7. The average molecular weight is 491 g/mol. The van der Waals surface area contributed by atoms with Crippen LogP contribution in [0.15, 0.2) is 35.3 Å². The lowest BCUT2D eigenvalue weighted by Gasteiger charge is -2.32. The molecule has 11 heteroatoms. The third-order valence-corrected chi connectivity index (χ3v) is 5.83. The van der Waals surface area contributed by atoms with Gasteiger partial charge in [0.2, 0.25) is 5.43 Å². The Morgan fingerprint density at radius 2 is 1.89 bits per heavy atom. The molecule has 1 saturated heterocycles. The topological polar surface area (TPSA) is 82.9 Å². The maximum absolute atomic E-state index is 14.2. The predicted octanol–water partition coefficient (Wildman–Crippen LogP) is 3.87. The summed E-state index contributed by atoms with van der Waals surface area (Å²) < 4.78 is 59.4. The van der Waals surface area contributed by atoms with E-state index in [4.69, 9.17) is 14.2 Å². The predicted molar refractivity (Wildman–Crippen MR) is 122 cm³/mol. The average Bonchev–Trinajstić information content (AvgIpc) is 2.78. The molecule has 1 fully saturated rings. The van der Waals surface area contributed by atoms with E-state index in [1.807, 2.05) is 0 Å². The van der Waals surface area contributed by atoms with Crippen molar-refractivity contribution < 1.29 is 32.2 Å². The Labute approximate surface area is 198 Å². The van der Waals surface area contributed by atoms with Gasteiger partial charge in [-0.15, -0.1) is 0 Å². The minimum absolute atomic E-state index is 0.0237. The minimum Gasteiger partial charge on any atom is -0.497 e. The van der Waals surface area contributed by atoms with Crippen molar-refractivity contribution in [2.75, 3.05) is 38.8 Å². The molecule has 0 bridgehead atoms. The van der Waals surface area contributed by atoms with E-state index in [1.54, 1.807) is 30.0 Å². The standard InChI is InChI=1S/C24H24F3N3O5/c1-4-35-23(32)16-13-30(12-14-6-7-15(33-2)10-18(14)34-3)22-20(21(16)31)17(24(25,26)27)11-19(28-22)29-8-5-9-29/h6-7,10-11,13H,4-5,8-9,12H2,1-3H3. The number of nitrogens with zero attached hydrogens (tertiary/aromatic N) is 3. The summed E-state index contributed by atoms with van der Waals surface area (Å²) >= 11 is 0. The van der Waals surface area contributed by atoms with E-state index >= 15 is 0 Å². The van der Waals surface area contributed by atoms with E-state index < -0.39 is 34.1 Å². The number of pyridine rings is 2. The van der Waals surface area contributed by atoms with Crippen molar-refractivity contribution in [1.29, 1.82) is 0 Å². The number of ether oxygens (including phenoxy) is 3. The number of anilines is 1. The quantitative estimate of drug-likeness (QED) is 0.464. The first kappa shape index (κ1) is 24.4. The van der Waals surface area contributed by atoms with E-state index in [0.717, 1.165) is 12.5 Å². The van der Waals surface area contributed by atoms with Crippen molar-refractivity contribution in [1.82, 2.24) is 9.55 Å². The fraction of sp³-hybridized carbons (Fsp3) is 0.375. The van der Waals surface area contributed by atoms with Crippen molar-refractivity contribution in [2.45, 2.75) is 26.1 Å². The number of alkyl halides is 3. The fourth-order valence-corrected chi connectivity index (χ4v) is 3.93. The second-order valence-corrected chi connectivity index (χ2v) is 7.96. The molecule has 1 aromatic carbocycles. The Morgan fingerprint density at radius 1 is 1.14 bits per heavy atom. The van der Waals surface area contributed by atoms with Crippen LogP contribution in [0.1, 0.15) is 34.8 Å². The zero-order chi connectivity index (χ0) is 25.3. The number of carbonyl (C=O) groups is 1. The van der Waals surface area contributed by atoms with Crippen LogP contribution in [-0.4, -0.2) is 49.4 Å². The Bertz CT molecular complexity index is 1330. The molecule has 0 amide bonds. The number of aromatic nitrogens is 2. The molecule has 0 unspecified atom stereocenters. The van der Waals surface area contributed by atoms with Gasteiger partial charge in [-0.3, -0.25) is 4.79 Å². The third kappa shape index (κ3) is 4.62. The summed E-state index contributed by atoms with van der Waals surface area (Å²) in [6.07, 6.45) is -2.82. The molecule has 1 aliphatic rings. The first-order valence-corrected chi connectivity index (χ1v) is 11.0. The number of fused-ring (bicyclic) bond motifs is 1. The van der Waals surface area contributed by atoms with Crippen LogP contribution >= 0.6 is 0 Å². The zero-order valence-corrected chi connectivity index (χ0v) is 19.4. The minimum atomic E-state index is -4.84. The first-order valence-electron chi connectivity index (χ1n) is 11.0. The molecule has 8 nitrogen and oxygen atoms in total. The molecule has 186 valence electrons. The van der Waals surface area contributed by atoms with Crippen molar-refractivity contribution in [3.8, 4) is 11.5 Å². The largest absolute Gasteiger partial charge is 0.497 e. The van der Waals surface area contributed by atoms with Gasteiger partial charge in [0.05, 0.1) is 38.3 Å². The van der Waals surface area contributed by atoms with E-state index in [0.29, 0.717) is 30.2 Å². The number of carbonyl (C=O) groups excluding carboxylic acids is 1. The van der Waals surface area contributed by atoms with Crippen LogP contribution in [0.25, 0.3) is 11.0 Å². The summed E-state index contributed by atoms with van der Waals surface area (Å²) in [6.45, 7) is 2.60. The Kier molecular flexibility index (Phi) is 6.60. The van der Waals surface area contributed by atoms with Crippen LogP contribution in [-0.2, 0) is 17.5 Å². The highest BCUT2D eigenvalue weighted by molar-refractivity contribution is 5.94. The summed E-state index contributed by atoms with van der Waals surface area (Å²) in [5.74, 6) is 0.0635. The highest BCUT2D eigenvalue weighted by atomic mass is 19.4. The maximum atomic E-state index is 14.2. The summed E-state index contributed by atoms with van der Waals surface area (Å²) in [6, 6.07) is 5.87. The normalized spacial score (nSPS) is 13.5. The second kappa shape index (κ2) is 9.47. The van der Waals surface area contributed by atoms with Crippen LogP contribution in [0.2, 0.25) is 0 Å². The summed E-state index contributed by atoms with van der Waals surface area (Å²) in [4.78, 5) is 31.8. The van der Waals surface area contributed by atoms with Gasteiger partial charge < -0.3 is 23.7 Å². The van der Waals surface area contributed by atoms with E-state index in [9.17, 15) is 22.8 Å². The van der Waals surface area contributed by atoms with Gasteiger partial charge >= 0.3 is 12.1 Å². The molecule has 0 aliphatic carbocycles. The molecule has 0 saturated carbocycles. The number of methoxy groups -OCH3 is 2. The summed E-state index contributed by atoms with van der Waals surface area (Å²) in [5, 5.41) is -0.681. The summed E-state index contributed by atoms with van der Waals surface area (Å²) in [7, 11) is 2.95. The van der Waals surface area contributed by atoms with Crippen molar-refractivity contribution in [2.24, 2.45) is 0 Å². The monoisotopic (exact) mass is 491 g/mol. The van der Waals surface area contributed by atoms with Gasteiger partial charge in [-0.1, -0.05) is 0 Å². The van der Waals surface area contributed by atoms with Gasteiger partial charge in [-0.25, -0.2) is 9.78 Å². The first-order chi connectivity index (χ1) is 16.7. The highest BCUT2D eigenvalue weighted by Crippen LogP contribution is 2.37. The van der Waals surface area contributed by atoms with Crippen molar-refractivity contribution in [3.05, 3.63) is 57.4 Å². The molecular formula is C24H24F3N3O5. The van der Waals surface area contributed by atoms with Crippen LogP contribution in [0.4, 0.5) is 19.0 Å². The fourth-order valence-electron chi connectivity index (χ4n) is 3.93. The molecular weight excluding hydrogens is 467 g/mol. The van der Waals surface area contributed by atoms with Gasteiger partial charge in [0, 0.05) is 30.9 Å². The van der Waals surface area contributed by atoms with Crippen LogP contribution in [0.5, 0.6) is 11.5 Å². The van der Waals surface area contributed by atoms with Gasteiger partial charge in [0.1, 0.15) is 28.5 Å². The van der Waals surface area contributed by atoms with Gasteiger partial charge in [-0.05, 0) is 31.5 Å². The third-order valence-electron chi connectivity index (χ3n) is 5.83. The van der Waals surface area contributed by atoms with Crippen molar-refractivity contribution >= 4 is 22.8 Å². The molecule has 2 aromatic heterocycles. The maximum Gasteiger partial charge on any atom is 0.417 e. The molecule has 1 aliphatic heterocycles. The molecule has 0 N–H and O–H groups in total. The number of esters is 1. The number of benzene rings is 1. The zero-order valence-electron chi connectivity index (χ0n) is 19.4. The van der Waals surface area contributed by atoms with Gasteiger partial charge in [0.15, 0.2) is 0 Å². The molecule has 0 atom stereocenters. The molecule has 35 heavy (non-hydrogen) atoms. The number of rotatable bonds is 7. The lowest BCUT2D eigenvalue weighted by Crippen LogP contribution is -2.38. The number of halogens is 3. The van der Waals surface area contributed by atoms with Crippen LogP contribution in [0, 0.1) is 0 Å². The lowest BCUT2D eigenvalue weighted by atomic mass is 10.1. The second-order valence-electron chi connectivity index (χ2n) is 7.96. The van der Waals surface area contributed by atoms with E-state index in [-0.39, 0.29) is 24.6 Å². The van der Waals surface area contributed by atoms with E-state index in [1.165, 1.54) is 25.0 Å². The van der Waals surface area contributed by atoms with Gasteiger partial charge in [-0.2, -0.15) is 13.2 Å². The Balaban J connectivity index is 2.02. The van der Waals surface area contributed by atoms with E-state index in [2.05, 4.69) is 4.98 Å². The lowest BCUT2D eigenvalue weighted by molar-refractivity contribution is -0.136. The molecule has 3 heterocycles. The Morgan fingerprint density at radius 3 is 2.46 bits per heavy atom. The SMILES string of the molecule is CCOC(=O)c1cn(Cc2ccc(OC)cc2OC)c2nc(N3CCC3)cc(C(F)(F)F)c2c1=O. The molecule has 0 radical (unpaired) electrons. The molecule has 4 rings (SSSR count). The molecule has 0 spiro atoms. The Hall–Kier alpha value is -3.76. The molecule has 3 aromatic rings. The van der Waals surface area contributed by atoms with Crippen LogP contribution in [0.3, 0.4) is 0 Å². The smallest absolute Gasteiger partial charge is 0.417 e.